The van der Waals surface area contributed by atoms with Gasteiger partial charge in [-0.1, -0.05) is 23.3 Å². The smallest absolute Gasteiger partial charge is 0.213 e. The molecule has 0 unspecified atom stereocenters. The Morgan fingerprint density at radius 2 is 1.46 bits per heavy atom. The molecule has 13 heavy (non-hydrogen) atoms. The van der Waals surface area contributed by atoms with Gasteiger partial charge in [0.1, 0.15) is 0 Å². The topological polar surface area (TPSA) is 0 Å². The van der Waals surface area contributed by atoms with E-state index in [1.165, 1.54) is 23.8 Å². The van der Waals surface area contributed by atoms with Crippen LogP contribution in [-0.2, 0) is 0 Å². The van der Waals surface area contributed by atoms with Crippen molar-refractivity contribution in [3.63, 3.8) is 0 Å². The Balaban J connectivity index is 4.04. The second-order valence-electron chi connectivity index (χ2n) is 3.54. The maximum Gasteiger partial charge on any atom is 0.217 e. The van der Waals surface area contributed by atoms with Crippen LogP contribution in [0.15, 0.2) is 23.3 Å². The average molecular weight is 196 g/mol. The summed E-state index contributed by atoms with van der Waals surface area (Å²) in [6.45, 7) is 8.67. The predicted octanol–water partition coefficient (Wildman–Crippen LogP) is 4.27. The summed E-state index contributed by atoms with van der Waals surface area (Å²) in [5, 5.41) is 0. The number of rotatable bonds is 5. The first-order chi connectivity index (χ1) is 6.13. The molecular formula is C11H21BS. The second kappa shape index (κ2) is 7.31. The summed E-state index contributed by atoms with van der Waals surface area (Å²) in [5.41, 5.74) is 3.01. The minimum Gasteiger partial charge on any atom is -0.213 e. The lowest BCUT2D eigenvalue weighted by molar-refractivity contribution is 1.28. The van der Waals surface area contributed by atoms with E-state index in [-0.39, 0.29) is 0 Å². The quantitative estimate of drug-likeness (QED) is 0.467. The van der Waals surface area contributed by atoms with E-state index in [1.54, 1.807) is 0 Å². The fourth-order valence-electron chi connectivity index (χ4n) is 1.19. The van der Waals surface area contributed by atoms with Crippen LogP contribution in [0.2, 0.25) is 12.6 Å². The van der Waals surface area contributed by atoms with Gasteiger partial charge < -0.3 is 0 Å². The van der Waals surface area contributed by atoms with Crippen molar-refractivity contribution in [2.75, 3.05) is 6.26 Å². The molecule has 0 rings (SSSR count). The van der Waals surface area contributed by atoms with E-state index in [2.05, 4.69) is 46.1 Å². The van der Waals surface area contributed by atoms with Crippen LogP contribution < -0.4 is 0 Å². The van der Waals surface area contributed by atoms with Gasteiger partial charge in [-0.05, 0) is 46.6 Å². The van der Waals surface area contributed by atoms with Gasteiger partial charge in [-0.2, -0.15) is 0 Å². The Labute approximate surface area is 87.9 Å². The van der Waals surface area contributed by atoms with Crippen LogP contribution in [0.25, 0.3) is 0 Å². The maximum absolute atomic E-state index is 2.22. The van der Waals surface area contributed by atoms with Crippen molar-refractivity contribution in [1.82, 2.24) is 0 Å². The second-order valence-corrected chi connectivity index (χ2v) is 4.67. The van der Waals surface area contributed by atoms with E-state index in [4.69, 9.17) is 0 Å². The van der Waals surface area contributed by atoms with Crippen molar-refractivity contribution in [1.29, 1.82) is 0 Å². The molecule has 0 fully saturated rings. The molecule has 0 heterocycles. The van der Waals surface area contributed by atoms with Crippen molar-refractivity contribution < 1.29 is 0 Å². The molecule has 0 aliphatic carbocycles. The van der Waals surface area contributed by atoms with Crippen LogP contribution in [0, 0.1) is 0 Å². The van der Waals surface area contributed by atoms with E-state index in [0.717, 1.165) is 5.99 Å². The summed E-state index contributed by atoms with van der Waals surface area (Å²) in [5.74, 6) is 0.757. The van der Waals surface area contributed by atoms with Crippen molar-refractivity contribution in [2.24, 2.45) is 0 Å². The van der Waals surface area contributed by atoms with Crippen LogP contribution in [0.1, 0.15) is 27.7 Å². The van der Waals surface area contributed by atoms with Gasteiger partial charge in [-0.25, -0.2) is 11.6 Å². The highest BCUT2D eigenvalue weighted by atomic mass is 32.2. The molecular weight excluding hydrogens is 175 g/mol. The molecule has 0 N–H and O–H groups in total. The number of hydrogen-bond donors (Lipinski definition) is 0. The van der Waals surface area contributed by atoms with Gasteiger partial charge in [0.25, 0.3) is 0 Å². The first-order valence-electron chi connectivity index (χ1n) is 4.90. The Morgan fingerprint density at radius 3 is 1.69 bits per heavy atom. The lowest BCUT2D eigenvalue weighted by Gasteiger charge is -2.11. The van der Waals surface area contributed by atoms with Crippen molar-refractivity contribution in [3.8, 4) is 0 Å². The highest BCUT2D eigenvalue weighted by molar-refractivity contribution is 8.25. The summed E-state index contributed by atoms with van der Waals surface area (Å²) >= 11 is 1.98. The molecule has 0 aromatic carbocycles. The van der Waals surface area contributed by atoms with Gasteiger partial charge in [0, 0.05) is 0 Å². The van der Waals surface area contributed by atoms with E-state index < -0.39 is 0 Å². The fourth-order valence-corrected chi connectivity index (χ4v) is 2.05. The summed E-state index contributed by atoms with van der Waals surface area (Å²) in [4.78, 5) is 0. The number of allylic oxidation sites excluding steroid dienone is 4. The lowest BCUT2D eigenvalue weighted by Crippen LogP contribution is -2.07. The minimum absolute atomic E-state index is 0.757. The molecule has 2 heteroatoms. The zero-order valence-corrected chi connectivity index (χ0v) is 10.4. The molecule has 0 aromatic heterocycles. The monoisotopic (exact) mass is 196 g/mol. The van der Waals surface area contributed by atoms with Gasteiger partial charge in [-0.3, -0.25) is 0 Å². The SMILES string of the molecule is C/C=C(\C)CB(C/C(C)=C/C)SC. The zero-order valence-electron chi connectivity index (χ0n) is 9.55. The predicted molar refractivity (Wildman–Crippen MR) is 67.7 cm³/mol. The molecule has 0 saturated carbocycles. The van der Waals surface area contributed by atoms with E-state index in [9.17, 15) is 0 Å². The van der Waals surface area contributed by atoms with E-state index >= 15 is 0 Å². The molecule has 0 saturated heterocycles. The van der Waals surface area contributed by atoms with Crippen molar-refractivity contribution in [2.45, 2.75) is 40.3 Å². The molecule has 0 aliphatic heterocycles. The Kier molecular flexibility index (Phi) is 7.25. The van der Waals surface area contributed by atoms with Gasteiger partial charge >= 0.3 is 0 Å². The van der Waals surface area contributed by atoms with E-state index in [0.29, 0.717) is 0 Å². The van der Waals surface area contributed by atoms with Gasteiger partial charge in [0.2, 0.25) is 5.99 Å². The summed E-state index contributed by atoms with van der Waals surface area (Å²) in [6.07, 6.45) is 9.09. The van der Waals surface area contributed by atoms with Crippen LogP contribution in [0.5, 0.6) is 0 Å². The van der Waals surface area contributed by atoms with Gasteiger partial charge in [0.05, 0.1) is 0 Å². The highest BCUT2D eigenvalue weighted by Crippen LogP contribution is 2.21. The molecule has 74 valence electrons. The van der Waals surface area contributed by atoms with Gasteiger partial charge in [0.15, 0.2) is 0 Å². The van der Waals surface area contributed by atoms with Crippen molar-refractivity contribution >= 4 is 17.6 Å². The van der Waals surface area contributed by atoms with Crippen LogP contribution in [0.3, 0.4) is 0 Å². The Bertz CT molecular complexity index is 174. The van der Waals surface area contributed by atoms with Crippen molar-refractivity contribution in [3.05, 3.63) is 23.3 Å². The maximum atomic E-state index is 2.22. The first-order valence-corrected chi connectivity index (χ1v) is 6.19. The molecule has 0 atom stereocenters. The molecule has 0 amide bonds. The van der Waals surface area contributed by atoms with E-state index in [1.807, 2.05) is 11.6 Å². The fraction of sp³-hybridized carbons (Fsp3) is 0.636. The van der Waals surface area contributed by atoms with Crippen LogP contribution in [-0.4, -0.2) is 12.2 Å². The highest BCUT2D eigenvalue weighted by Gasteiger charge is 2.12. The third kappa shape index (κ3) is 6.03. The molecule has 0 bridgehead atoms. The number of hydrogen-bond acceptors (Lipinski definition) is 1. The lowest BCUT2D eigenvalue weighted by atomic mass is 9.64. The minimum atomic E-state index is 0.757. The largest absolute Gasteiger partial charge is 0.217 e. The van der Waals surface area contributed by atoms with Gasteiger partial charge in [-0.15, -0.1) is 0 Å². The normalized spacial score (nSPS) is 13.3. The molecule has 0 nitrogen and oxygen atoms in total. The third-order valence-corrected chi connectivity index (χ3v) is 3.42. The average Bonchev–Trinajstić information content (AvgIpc) is 2.16. The molecule has 0 spiro atoms. The standard InChI is InChI=1S/C11H21BS/c1-6-10(3)8-12(13-5)9-11(4)7-2/h6-7H,8-9H2,1-5H3/b10-6+,11-7+. The molecule has 0 radical (unpaired) electrons. The third-order valence-electron chi connectivity index (χ3n) is 2.42. The summed E-state index contributed by atoms with van der Waals surface area (Å²) in [7, 11) is 0. The zero-order chi connectivity index (χ0) is 10.3. The molecule has 0 aromatic rings. The molecule has 0 aliphatic rings. The first kappa shape index (κ1) is 12.9. The van der Waals surface area contributed by atoms with Crippen LogP contribution in [0.4, 0.5) is 0 Å². The van der Waals surface area contributed by atoms with Crippen LogP contribution >= 0.6 is 11.6 Å². The Hall–Kier alpha value is -0.105. The Morgan fingerprint density at radius 1 is 1.08 bits per heavy atom. The summed E-state index contributed by atoms with van der Waals surface area (Å²) < 4.78 is 0. The summed E-state index contributed by atoms with van der Waals surface area (Å²) in [6, 6.07) is 0.